The van der Waals surface area contributed by atoms with Crippen molar-refractivity contribution >= 4 is 0 Å². The van der Waals surface area contributed by atoms with E-state index < -0.39 is 0 Å². The van der Waals surface area contributed by atoms with E-state index in [-0.39, 0.29) is 0 Å². The quantitative estimate of drug-likeness (QED) is 0.543. The van der Waals surface area contributed by atoms with Crippen LogP contribution in [0.4, 0.5) is 0 Å². The Morgan fingerprint density at radius 2 is 0.947 bits per heavy atom. The van der Waals surface area contributed by atoms with E-state index >= 15 is 0 Å². The Kier molecular flexibility index (Phi) is 8.23. The average Bonchev–Trinajstić information content (AvgIpc) is 2.37. The van der Waals surface area contributed by atoms with Crippen LogP contribution >= 0.6 is 0 Å². The monoisotopic (exact) mass is 270 g/mol. The van der Waals surface area contributed by atoms with Crippen LogP contribution in [0.5, 0.6) is 0 Å². The van der Waals surface area contributed by atoms with E-state index in [4.69, 9.17) is 0 Å². The van der Waals surface area contributed by atoms with Gasteiger partial charge in [0.15, 0.2) is 0 Å². The van der Waals surface area contributed by atoms with Crippen LogP contribution in [0.2, 0.25) is 0 Å². The molecular formula is C17H38N2. The van der Waals surface area contributed by atoms with Crippen LogP contribution in [-0.4, -0.2) is 49.1 Å². The lowest BCUT2D eigenvalue weighted by molar-refractivity contribution is 0.140. The first-order valence-corrected chi connectivity index (χ1v) is 8.06. The first-order chi connectivity index (χ1) is 8.72. The molecule has 0 aliphatic rings. The zero-order valence-corrected chi connectivity index (χ0v) is 14.8. The Hall–Kier alpha value is -0.0800. The molecule has 0 rings (SSSR count). The third-order valence-electron chi connectivity index (χ3n) is 5.61. The van der Waals surface area contributed by atoms with Crippen LogP contribution in [-0.2, 0) is 0 Å². The van der Waals surface area contributed by atoms with Gasteiger partial charge in [0.05, 0.1) is 0 Å². The minimum atomic E-state index is 0.385. The van der Waals surface area contributed by atoms with Gasteiger partial charge in [0, 0.05) is 11.1 Å². The Labute approximate surface area is 122 Å². The van der Waals surface area contributed by atoms with Gasteiger partial charge in [-0.25, -0.2) is 0 Å². The Morgan fingerprint density at radius 1 is 0.632 bits per heavy atom. The highest BCUT2D eigenvalue weighted by Crippen LogP contribution is 2.27. The van der Waals surface area contributed by atoms with Gasteiger partial charge in [-0.1, -0.05) is 33.1 Å². The summed E-state index contributed by atoms with van der Waals surface area (Å²) in [5, 5.41) is 0. The van der Waals surface area contributed by atoms with E-state index in [1.54, 1.807) is 0 Å². The molecule has 2 unspecified atom stereocenters. The molecular weight excluding hydrogens is 232 g/mol. The van der Waals surface area contributed by atoms with Crippen LogP contribution in [0, 0.1) is 0 Å². The lowest BCUT2D eigenvalue weighted by atomic mass is 9.87. The number of nitrogens with zero attached hydrogens (tertiary/aromatic N) is 2. The van der Waals surface area contributed by atoms with Crippen molar-refractivity contribution in [2.75, 3.05) is 28.2 Å². The van der Waals surface area contributed by atoms with Crippen LogP contribution in [0.25, 0.3) is 0 Å². The van der Waals surface area contributed by atoms with Crippen LogP contribution < -0.4 is 0 Å². The molecule has 2 atom stereocenters. The summed E-state index contributed by atoms with van der Waals surface area (Å²) in [5.74, 6) is 0. The van der Waals surface area contributed by atoms with Crippen molar-refractivity contribution in [3.63, 3.8) is 0 Å². The van der Waals surface area contributed by atoms with Gasteiger partial charge in [-0.3, -0.25) is 0 Å². The molecule has 0 spiro atoms. The van der Waals surface area contributed by atoms with Gasteiger partial charge in [-0.2, -0.15) is 0 Å². The fraction of sp³-hybridized carbons (Fsp3) is 1.00. The summed E-state index contributed by atoms with van der Waals surface area (Å²) < 4.78 is 0. The number of unbranched alkanes of at least 4 members (excludes halogenated alkanes) is 2. The van der Waals surface area contributed by atoms with E-state index in [0.717, 1.165) is 0 Å². The third-order valence-corrected chi connectivity index (χ3v) is 5.61. The zero-order chi connectivity index (χ0) is 15.1. The maximum absolute atomic E-state index is 2.39. The summed E-state index contributed by atoms with van der Waals surface area (Å²) in [6, 6.07) is 0. The zero-order valence-electron chi connectivity index (χ0n) is 14.8. The van der Waals surface area contributed by atoms with E-state index in [9.17, 15) is 0 Å². The predicted molar refractivity (Wildman–Crippen MR) is 87.9 cm³/mol. The predicted octanol–water partition coefficient (Wildman–Crippen LogP) is 4.40. The second kappa shape index (κ2) is 8.26. The molecule has 0 aromatic carbocycles. The molecule has 0 heterocycles. The van der Waals surface area contributed by atoms with Crippen LogP contribution in [0.1, 0.15) is 72.6 Å². The minimum absolute atomic E-state index is 0.385. The number of hydrogen-bond acceptors (Lipinski definition) is 2. The maximum Gasteiger partial charge on any atom is 0.0172 e. The summed E-state index contributed by atoms with van der Waals surface area (Å²) in [5.41, 5.74) is 0.769. The molecule has 116 valence electrons. The molecule has 0 bridgehead atoms. The summed E-state index contributed by atoms with van der Waals surface area (Å²) in [7, 11) is 8.85. The molecule has 0 aliphatic heterocycles. The maximum atomic E-state index is 2.39. The fourth-order valence-electron chi connectivity index (χ4n) is 2.62. The Bertz CT molecular complexity index is 213. The van der Waals surface area contributed by atoms with E-state index in [2.05, 4.69) is 65.7 Å². The van der Waals surface area contributed by atoms with Gasteiger partial charge < -0.3 is 9.80 Å². The molecule has 0 aromatic heterocycles. The molecule has 0 amide bonds. The number of rotatable bonds is 10. The standard InChI is InChI=1S/C17H38N2/c1-9-16(3,18(5)6)14-12-11-13-15-17(4,10-2)19(7)8/h9-15H2,1-8H3. The largest absolute Gasteiger partial charge is 0.304 e. The summed E-state index contributed by atoms with van der Waals surface area (Å²) in [6.45, 7) is 9.40. The second-order valence-corrected chi connectivity index (χ2v) is 7.05. The van der Waals surface area contributed by atoms with Crippen LogP contribution in [0.3, 0.4) is 0 Å². The van der Waals surface area contributed by atoms with Crippen molar-refractivity contribution in [2.24, 2.45) is 0 Å². The van der Waals surface area contributed by atoms with Crippen molar-refractivity contribution in [1.82, 2.24) is 9.80 Å². The SMILES string of the molecule is CCC(C)(CCCCCC(C)(CC)N(C)C)N(C)C. The van der Waals surface area contributed by atoms with Crippen molar-refractivity contribution < 1.29 is 0 Å². The molecule has 0 saturated carbocycles. The highest BCUT2D eigenvalue weighted by Gasteiger charge is 2.25. The highest BCUT2D eigenvalue weighted by molar-refractivity contribution is 4.83. The highest BCUT2D eigenvalue weighted by atomic mass is 15.1. The number of hydrogen-bond donors (Lipinski definition) is 0. The first kappa shape index (κ1) is 18.9. The molecule has 0 aliphatic carbocycles. The smallest absolute Gasteiger partial charge is 0.0172 e. The average molecular weight is 271 g/mol. The van der Waals surface area contributed by atoms with Gasteiger partial charge in [0.25, 0.3) is 0 Å². The summed E-state index contributed by atoms with van der Waals surface area (Å²) in [4.78, 5) is 4.78. The van der Waals surface area contributed by atoms with Gasteiger partial charge in [-0.15, -0.1) is 0 Å². The lowest BCUT2D eigenvalue weighted by Gasteiger charge is -2.37. The molecule has 0 fully saturated rings. The normalized spacial score (nSPS) is 18.6. The third kappa shape index (κ3) is 5.83. The molecule has 0 N–H and O–H groups in total. The second-order valence-electron chi connectivity index (χ2n) is 7.05. The molecule has 0 aromatic rings. The topological polar surface area (TPSA) is 6.48 Å². The van der Waals surface area contributed by atoms with Crippen molar-refractivity contribution in [3.05, 3.63) is 0 Å². The lowest BCUT2D eigenvalue weighted by Crippen LogP contribution is -2.41. The fourth-order valence-corrected chi connectivity index (χ4v) is 2.62. The Morgan fingerprint density at radius 3 is 1.16 bits per heavy atom. The minimum Gasteiger partial charge on any atom is -0.304 e. The van der Waals surface area contributed by atoms with Gasteiger partial charge in [-0.05, 0) is 67.7 Å². The molecule has 19 heavy (non-hydrogen) atoms. The van der Waals surface area contributed by atoms with E-state index in [0.29, 0.717) is 11.1 Å². The first-order valence-electron chi connectivity index (χ1n) is 8.06. The Balaban J connectivity index is 3.99. The van der Waals surface area contributed by atoms with Gasteiger partial charge >= 0.3 is 0 Å². The van der Waals surface area contributed by atoms with Crippen molar-refractivity contribution in [3.8, 4) is 0 Å². The molecule has 0 saturated heterocycles. The molecule has 2 nitrogen and oxygen atoms in total. The molecule has 2 heteroatoms. The molecule has 0 radical (unpaired) electrons. The van der Waals surface area contributed by atoms with Gasteiger partial charge in [0.1, 0.15) is 0 Å². The summed E-state index contributed by atoms with van der Waals surface area (Å²) in [6.07, 6.45) is 9.20. The van der Waals surface area contributed by atoms with Gasteiger partial charge in [0.2, 0.25) is 0 Å². The summed E-state index contributed by atoms with van der Waals surface area (Å²) >= 11 is 0. The van der Waals surface area contributed by atoms with E-state index in [1.807, 2.05) is 0 Å². The van der Waals surface area contributed by atoms with Crippen LogP contribution in [0.15, 0.2) is 0 Å². The van der Waals surface area contributed by atoms with Crippen molar-refractivity contribution in [2.45, 2.75) is 83.7 Å². The van der Waals surface area contributed by atoms with E-state index in [1.165, 1.54) is 44.9 Å². The van der Waals surface area contributed by atoms with Crippen molar-refractivity contribution in [1.29, 1.82) is 0 Å².